The van der Waals surface area contributed by atoms with Crippen molar-refractivity contribution in [2.45, 2.75) is 12.8 Å². The van der Waals surface area contributed by atoms with Crippen molar-refractivity contribution < 1.29 is 9.90 Å². The van der Waals surface area contributed by atoms with Gasteiger partial charge in [-0.2, -0.15) is 0 Å². The van der Waals surface area contributed by atoms with E-state index in [9.17, 15) is 4.79 Å². The van der Waals surface area contributed by atoms with Gasteiger partial charge in [0, 0.05) is 6.42 Å². The topological polar surface area (TPSA) is 66.0 Å². The van der Waals surface area contributed by atoms with E-state index >= 15 is 0 Å². The summed E-state index contributed by atoms with van der Waals surface area (Å²) in [5, 5.41) is 9.11. The summed E-state index contributed by atoms with van der Waals surface area (Å²) in [6.45, 7) is 0. The smallest absolute Gasteiger partial charge is 0.303 e. The van der Waals surface area contributed by atoms with Crippen LogP contribution in [-0.4, -0.2) is 21.0 Å². The number of carbonyl (C=O) groups is 1. The van der Waals surface area contributed by atoms with Crippen LogP contribution in [0.1, 0.15) is 12.2 Å². The Morgan fingerprint density at radius 1 is 1.53 bits per heavy atom. The maximum absolute atomic E-state index is 10.4. The SMILES string of the molecule is O=C(O)CCc1nc2c(Cl)cccc2[nH]1. The van der Waals surface area contributed by atoms with Crippen molar-refractivity contribution in [2.24, 2.45) is 0 Å². The third-order valence-electron chi connectivity index (χ3n) is 2.09. The van der Waals surface area contributed by atoms with Gasteiger partial charge in [0.05, 0.1) is 17.0 Å². The Labute approximate surface area is 90.9 Å². The minimum absolute atomic E-state index is 0.0669. The number of carboxylic acid groups (broad SMARTS) is 1. The number of hydrogen-bond donors (Lipinski definition) is 2. The van der Waals surface area contributed by atoms with Crippen molar-refractivity contribution in [1.82, 2.24) is 9.97 Å². The number of H-pyrrole nitrogens is 1. The average molecular weight is 225 g/mol. The second kappa shape index (κ2) is 3.90. The zero-order chi connectivity index (χ0) is 10.8. The van der Waals surface area contributed by atoms with Gasteiger partial charge >= 0.3 is 5.97 Å². The van der Waals surface area contributed by atoms with Crippen LogP contribution in [-0.2, 0) is 11.2 Å². The molecule has 0 saturated carbocycles. The van der Waals surface area contributed by atoms with Crippen molar-refractivity contribution in [3.8, 4) is 0 Å². The molecule has 1 heterocycles. The average Bonchev–Trinajstić information content (AvgIpc) is 2.59. The van der Waals surface area contributed by atoms with Gasteiger partial charge in [-0.05, 0) is 12.1 Å². The van der Waals surface area contributed by atoms with Crippen LogP contribution in [0.5, 0.6) is 0 Å². The van der Waals surface area contributed by atoms with Crippen LogP contribution in [0.15, 0.2) is 18.2 Å². The third kappa shape index (κ3) is 2.10. The van der Waals surface area contributed by atoms with E-state index in [4.69, 9.17) is 16.7 Å². The number of nitrogens with zero attached hydrogens (tertiary/aromatic N) is 1. The van der Waals surface area contributed by atoms with E-state index in [1.807, 2.05) is 12.1 Å². The molecular formula is C10H9ClN2O2. The molecule has 0 spiro atoms. The molecule has 5 heteroatoms. The van der Waals surface area contributed by atoms with Crippen LogP contribution >= 0.6 is 11.6 Å². The second-order valence-corrected chi connectivity index (χ2v) is 3.62. The fraction of sp³-hybridized carbons (Fsp3) is 0.200. The van der Waals surface area contributed by atoms with Gasteiger partial charge in [-0.25, -0.2) is 4.98 Å². The highest BCUT2D eigenvalue weighted by molar-refractivity contribution is 6.34. The molecule has 0 radical (unpaired) electrons. The van der Waals surface area contributed by atoms with Gasteiger partial charge in [-0.3, -0.25) is 4.79 Å². The molecule has 0 aliphatic rings. The first-order valence-corrected chi connectivity index (χ1v) is 4.89. The van der Waals surface area contributed by atoms with Crippen molar-refractivity contribution in [2.75, 3.05) is 0 Å². The minimum atomic E-state index is -0.832. The number of aliphatic carboxylic acids is 1. The molecule has 15 heavy (non-hydrogen) atoms. The Hall–Kier alpha value is -1.55. The number of aromatic nitrogens is 2. The van der Waals surface area contributed by atoms with Gasteiger partial charge in [0.15, 0.2) is 0 Å². The molecule has 0 aliphatic heterocycles. The van der Waals surface area contributed by atoms with E-state index in [0.717, 1.165) is 5.52 Å². The van der Waals surface area contributed by atoms with Crippen LogP contribution in [0.2, 0.25) is 5.02 Å². The molecule has 1 aromatic heterocycles. The summed E-state index contributed by atoms with van der Waals surface area (Å²) in [5.41, 5.74) is 1.53. The molecule has 4 nitrogen and oxygen atoms in total. The van der Waals surface area contributed by atoms with E-state index in [1.165, 1.54) is 0 Å². The summed E-state index contributed by atoms with van der Waals surface area (Å²) in [6.07, 6.45) is 0.456. The number of rotatable bonds is 3. The Morgan fingerprint density at radius 3 is 3.00 bits per heavy atom. The molecule has 0 fully saturated rings. The largest absolute Gasteiger partial charge is 0.481 e. The van der Waals surface area contributed by atoms with Crippen LogP contribution in [0, 0.1) is 0 Å². The minimum Gasteiger partial charge on any atom is -0.481 e. The molecule has 0 atom stereocenters. The van der Waals surface area contributed by atoms with Crippen LogP contribution in [0.25, 0.3) is 11.0 Å². The molecule has 1 aromatic carbocycles. The molecule has 0 unspecified atom stereocenters. The highest BCUT2D eigenvalue weighted by atomic mass is 35.5. The maximum atomic E-state index is 10.4. The number of benzene rings is 1. The van der Waals surface area contributed by atoms with E-state index < -0.39 is 5.97 Å². The molecule has 0 amide bonds. The first-order chi connectivity index (χ1) is 7.16. The zero-order valence-corrected chi connectivity index (χ0v) is 8.58. The lowest BCUT2D eigenvalue weighted by Crippen LogP contribution is -1.98. The molecule has 2 rings (SSSR count). The summed E-state index contributed by atoms with van der Waals surface area (Å²) < 4.78 is 0. The van der Waals surface area contributed by atoms with E-state index in [0.29, 0.717) is 22.8 Å². The summed E-state index contributed by atoms with van der Waals surface area (Å²) in [5.74, 6) is -0.179. The predicted octanol–water partition coefficient (Wildman–Crippen LogP) is 2.23. The van der Waals surface area contributed by atoms with Gasteiger partial charge in [0.25, 0.3) is 0 Å². The van der Waals surface area contributed by atoms with Gasteiger partial charge < -0.3 is 10.1 Å². The summed E-state index contributed by atoms with van der Waals surface area (Å²) in [7, 11) is 0. The highest BCUT2D eigenvalue weighted by Gasteiger charge is 2.06. The van der Waals surface area contributed by atoms with Crippen molar-refractivity contribution in [3.63, 3.8) is 0 Å². The Morgan fingerprint density at radius 2 is 2.33 bits per heavy atom. The lowest BCUT2D eigenvalue weighted by atomic mass is 10.3. The first-order valence-electron chi connectivity index (χ1n) is 4.52. The molecule has 2 N–H and O–H groups in total. The van der Waals surface area contributed by atoms with E-state index in [-0.39, 0.29) is 6.42 Å². The van der Waals surface area contributed by atoms with Crippen molar-refractivity contribution in [3.05, 3.63) is 29.0 Å². The number of aryl methyl sites for hydroxylation is 1. The molecule has 0 bridgehead atoms. The number of carboxylic acids is 1. The monoisotopic (exact) mass is 224 g/mol. The maximum Gasteiger partial charge on any atom is 0.303 e. The number of nitrogens with one attached hydrogen (secondary N) is 1. The van der Waals surface area contributed by atoms with Gasteiger partial charge in [0.2, 0.25) is 0 Å². The third-order valence-corrected chi connectivity index (χ3v) is 2.39. The Bertz CT molecular complexity index is 507. The lowest BCUT2D eigenvalue weighted by molar-refractivity contribution is -0.137. The van der Waals surface area contributed by atoms with Crippen molar-refractivity contribution >= 4 is 28.6 Å². The second-order valence-electron chi connectivity index (χ2n) is 3.21. The number of hydrogen-bond acceptors (Lipinski definition) is 2. The fourth-order valence-corrected chi connectivity index (χ4v) is 1.61. The first kappa shape index (κ1) is 9.98. The predicted molar refractivity (Wildman–Crippen MR) is 57.1 cm³/mol. The summed E-state index contributed by atoms with van der Waals surface area (Å²) in [6, 6.07) is 5.44. The molecule has 0 aliphatic carbocycles. The summed E-state index contributed by atoms with van der Waals surface area (Å²) >= 11 is 5.93. The van der Waals surface area contributed by atoms with Gasteiger partial charge in [-0.1, -0.05) is 17.7 Å². The number of imidazole rings is 1. The molecule has 2 aromatic rings. The van der Waals surface area contributed by atoms with Crippen molar-refractivity contribution in [1.29, 1.82) is 0 Å². The quantitative estimate of drug-likeness (QED) is 0.840. The highest BCUT2D eigenvalue weighted by Crippen LogP contribution is 2.21. The van der Waals surface area contributed by atoms with Crippen LogP contribution in [0.4, 0.5) is 0 Å². The number of fused-ring (bicyclic) bond motifs is 1. The Balaban J connectivity index is 2.31. The van der Waals surface area contributed by atoms with E-state index in [2.05, 4.69) is 9.97 Å². The lowest BCUT2D eigenvalue weighted by Gasteiger charge is -1.90. The zero-order valence-electron chi connectivity index (χ0n) is 7.83. The number of para-hydroxylation sites is 1. The number of halogens is 1. The number of aromatic amines is 1. The fourth-order valence-electron chi connectivity index (χ4n) is 1.39. The molecule has 0 saturated heterocycles. The standard InChI is InChI=1S/C10H9ClN2O2/c11-6-2-1-3-7-10(6)13-8(12-7)4-5-9(14)15/h1-3H,4-5H2,(H,12,13)(H,14,15). The normalized spacial score (nSPS) is 10.7. The summed E-state index contributed by atoms with van der Waals surface area (Å²) in [4.78, 5) is 17.7. The van der Waals surface area contributed by atoms with Crippen LogP contribution in [0.3, 0.4) is 0 Å². The molecular weight excluding hydrogens is 216 g/mol. The Kier molecular flexibility index (Phi) is 2.60. The van der Waals surface area contributed by atoms with Crippen LogP contribution < -0.4 is 0 Å². The van der Waals surface area contributed by atoms with Gasteiger partial charge in [-0.15, -0.1) is 0 Å². The van der Waals surface area contributed by atoms with Gasteiger partial charge in [0.1, 0.15) is 11.3 Å². The molecule has 78 valence electrons. The van der Waals surface area contributed by atoms with E-state index in [1.54, 1.807) is 6.07 Å².